The molecule has 0 aliphatic carbocycles. The molecule has 140 valence electrons. The highest BCUT2D eigenvalue weighted by molar-refractivity contribution is 7.89. The second-order valence-corrected chi connectivity index (χ2v) is 8.25. The number of nitrogens with one attached hydrogen (secondary N) is 1. The number of ether oxygens (including phenoxy) is 2. The van der Waals surface area contributed by atoms with Gasteiger partial charge in [0.1, 0.15) is 5.75 Å². The molecule has 0 bridgehead atoms. The van der Waals surface area contributed by atoms with E-state index in [1.807, 2.05) is 0 Å². The van der Waals surface area contributed by atoms with Gasteiger partial charge in [0.25, 0.3) is 5.91 Å². The third-order valence-electron chi connectivity index (χ3n) is 3.85. The number of morpholine rings is 1. The maximum Gasteiger partial charge on any atom is 0.257 e. The van der Waals surface area contributed by atoms with Crippen LogP contribution in [0, 0.1) is 5.92 Å². The van der Waals surface area contributed by atoms with Gasteiger partial charge in [-0.3, -0.25) is 4.79 Å². The summed E-state index contributed by atoms with van der Waals surface area (Å²) in [6, 6.07) is 6.12. The van der Waals surface area contributed by atoms with Gasteiger partial charge >= 0.3 is 0 Å². The second kappa shape index (κ2) is 9.17. The largest absolute Gasteiger partial charge is 0.484 e. The van der Waals surface area contributed by atoms with Crippen molar-refractivity contribution in [2.24, 2.45) is 5.92 Å². The molecule has 0 atom stereocenters. The zero-order valence-electron chi connectivity index (χ0n) is 14.7. The first-order valence-corrected chi connectivity index (χ1v) is 9.91. The fourth-order valence-electron chi connectivity index (χ4n) is 2.34. The molecule has 0 spiro atoms. The smallest absolute Gasteiger partial charge is 0.257 e. The molecule has 1 fully saturated rings. The first-order valence-electron chi connectivity index (χ1n) is 8.47. The Labute approximate surface area is 149 Å². The molecule has 0 unspecified atom stereocenters. The van der Waals surface area contributed by atoms with Crippen molar-refractivity contribution in [2.45, 2.75) is 25.2 Å². The summed E-state index contributed by atoms with van der Waals surface area (Å²) < 4.78 is 37.0. The topological polar surface area (TPSA) is 84.9 Å². The lowest BCUT2D eigenvalue weighted by Gasteiger charge is -2.26. The average molecular weight is 370 g/mol. The number of rotatable bonds is 8. The Morgan fingerprint density at radius 3 is 2.48 bits per heavy atom. The molecule has 7 nitrogen and oxygen atoms in total. The highest BCUT2D eigenvalue weighted by Gasteiger charge is 2.26. The number of benzene rings is 1. The molecule has 0 aromatic heterocycles. The Morgan fingerprint density at radius 1 is 1.24 bits per heavy atom. The lowest BCUT2D eigenvalue weighted by Crippen LogP contribution is -2.40. The van der Waals surface area contributed by atoms with E-state index in [1.54, 1.807) is 12.1 Å². The molecule has 8 heteroatoms. The van der Waals surface area contributed by atoms with Crippen molar-refractivity contribution in [3.8, 4) is 5.75 Å². The van der Waals surface area contributed by atoms with Crippen LogP contribution in [0.2, 0.25) is 0 Å². The van der Waals surface area contributed by atoms with Crippen LogP contribution in [0.25, 0.3) is 0 Å². The first-order chi connectivity index (χ1) is 11.9. The van der Waals surface area contributed by atoms with Crippen LogP contribution < -0.4 is 10.1 Å². The fraction of sp³-hybridized carbons (Fsp3) is 0.588. The molecular formula is C17H26N2O5S. The van der Waals surface area contributed by atoms with Gasteiger partial charge in [-0.1, -0.05) is 13.8 Å². The van der Waals surface area contributed by atoms with Gasteiger partial charge < -0.3 is 14.8 Å². The average Bonchev–Trinajstić information content (AvgIpc) is 2.61. The summed E-state index contributed by atoms with van der Waals surface area (Å²) in [6.45, 7) is 6.25. The van der Waals surface area contributed by atoms with Crippen molar-refractivity contribution in [3.05, 3.63) is 24.3 Å². The van der Waals surface area contributed by atoms with Crippen molar-refractivity contribution >= 4 is 15.9 Å². The normalized spacial score (nSPS) is 16.0. The molecule has 1 aromatic carbocycles. The predicted molar refractivity (Wildman–Crippen MR) is 94.0 cm³/mol. The Morgan fingerprint density at radius 2 is 1.88 bits per heavy atom. The van der Waals surface area contributed by atoms with Gasteiger partial charge in [-0.25, -0.2) is 8.42 Å². The zero-order valence-corrected chi connectivity index (χ0v) is 15.5. The molecule has 1 heterocycles. The van der Waals surface area contributed by atoms with E-state index >= 15 is 0 Å². The van der Waals surface area contributed by atoms with E-state index in [-0.39, 0.29) is 17.4 Å². The number of hydrogen-bond acceptors (Lipinski definition) is 5. The zero-order chi connectivity index (χ0) is 18.3. The van der Waals surface area contributed by atoms with E-state index in [0.717, 1.165) is 6.42 Å². The lowest BCUT2D eigenvalue weighted by atomic mass is 10.1. The molecular weight excluding hydrogens is 344 g/mol. The van der Waals surface area contributed by atoms with Crippen LogP contribution in [0.5, 0.6) is 5.75 Å². The highest BCUT2D eigenvalue weighted by Crippen LogP contribution is 2.20. The number of sulfonamides is 1. The van der Waals surface area contributed by atoms with Crippen molar-refractivity contribution < 1.29 is 22.7 Å². The van der Waals surface area contributed by atoms with Gasteiger partial charge in [-0.15, -0.1) is 0 Å². The Balaban J connectivity index is 1.86. The SMILES string of the molecule is CC(C)CCNC(=O)COc1ccc(S(=O)(=O)N2CCOCC2)cc1. The number of hydrogen-bond donors (Lipinski definition) is 1. The molecule has 25 heavy (non-hydrogen) atoms. The third-order valence-corrected chi connectivity index (χ3v) is 5.76. The number of carbonyl (C=O) groups excluding carboxylic acids is 1. The number of nitrogens with zero attached hydrogens (tertiary/aromatic N) is 1. The molecule has 1 aliphatic heterocycles. The van der Waals surface area contributed by atoms with Gasteiger partial charge in [0.2, 0.25) is 10.0 Å². The molecule has 1 N–H and O–H groups in total. The predicted octanol–water partition coefficient (Wildman–Crippen LogP) is 1.25. The maximum atomic E-state index is 12.5. The van der Waals surface area contributed by atoms with Crippen molar-refractivity contribution in [3.63, 3.8) is 0 Å². The summed E-state index contributed by atoms with van der Waals surface area (Å²) >= 11 is 0. The van der Waals surface area contributed by atoms with Crippen LogP contribution in [0.4, 0.5) is 0 Å². The first kappa shape index (κ1) is 19.7. The summed E-state index contributed by atoms with van der Waals surface area (Å²) in [4.78, 5) is 11.9. The van der Waals surface area contributed by atoms with Gasteiger partial charge in [-0.2, -0.15) is 4.31 Å². The van der Waals surface area contributed by atoms with Crippen molar-refractivity contribution in [1.82, 2.24) is 9.62 Å². The summed E-state index contributed by atoms with van der Waals surface area (Å²) in [5.74, 6) is 0.799. The fourth-order valence-corrected chi connectivity index (χ4v) is 3.75. The standard InChI is InChI=1S/C17H26N2O5S/c1-14(2)7-8-18-17(20)13-24-15-3-5-16(6-4-15)25(21,22)19-9-11-23-12-10-19/h3-6,14H,7-13H2,1-2H3,(H,18,20). The van der Waals surface area contributed by atoms with Crippen LogP contribution in [-0.2, 0) is 19.6 Å². The van der Waals surface area contributed by atoms with Crippen molar-refractivity contribution in [1.29, 1.82) is 0 Å². The second-order valence-electron chi connectivity index (χ2n) is 6.31. The van der Waals surface area contributed by atoms with Crippen LogP contribution in [-0.4, -0.2) is 58.1 Å². The Kier molecular flexibility index (Phi) is 7.22. The molecule has 1 aliphatic rings. The summed E-state index contributed by atoms with van der Waals surface area (Å²) in [6.07, 6.45) is 0.917. The number of amides is 1. The minimum atomic E-state index is -3.51. The van der Waals surface area contributed by atoms with Gasteiger partial charge in [-0.05, 0) is 36.6 Å². The summed E-state index contributed by atoms with van der Waals surface area (Å²) in [5.41, 5.74) is 0. The highest BCUT2D eigenvalue weighted by atomic mass is 32.2. The van der Waals surface area contributed by atoms with E-state index in [2.05, 4.69) is 19.2 Å². The van der Waals surface area contributed by atoms with E-state index in [1.165, 1.54) is 16.4 Å². The molecule has 1 saturated heterocycles. The van der Waals surface area contributed by atoms with Crippen LogP contribution in [0.1, 0.15) is 20.3 Å². The van der Waals surface area contributed by atoms with Gasteiger partial charge in [0, 0.05) is 19.6 Å². The Bertz CT molecular complexity index is 652. The van der Waals surface area contributed by atoms with E-state index in [9.17, 15) is 13.2 Å². The third kappa shape index (κ3) is 5.98. The molecule has 1 amide bonds. The maximum absolute atomic E-state index is 12.5. The molecule has 1 aromatic rings. The summed E-state index contributed by atoms with van der Waals surface area (Å²) in [5, 5.41) is 2.78. The minimum absolute atomic E-state index is 0.0896. The molecule has 2 rings (SSSR count). The Hall–Kier alpha value is -1.64. The van der Waals surface area contributed by atoms with E-state index in [4.69, 9.17) is 9.47 Å². The van der Waals surface area contributed by atoms with Gasteiger partial charge in [0.15, 0.2) is 6.61 Å². The lowest BCUT2D eigenvalue weighted by molar-refractivity contribution is -0.123. The van der Waals surface area contributed by atoms with E-state index in [0.29, 0.717) is 44.5 Å². The van der Waals surface area contributed by atoms with Crippen molar-refractivity contribution in [2.75, 3.05) is 39.5 Å². The number of carbonyl (C=O) groups is 1. The van der Waals surface area contributed by atoms with Crippen LogP contribution >= 0.6 is 0 Å². The molecule has 0 radical (unpaired) electrons. The van der Waals surface area contributed by atoms with Crippen LogP contribution in [0.3, 0.4) is 0 Å². The molecule has 0 saturated carbocycles. The monoisotopic (exact) mass is 370 g/mol. The summed E-state index contributed by atoms with van der Waals surface area (Å²) in [7, 11) is -3.51. The minimum Gasteiger partial charge on any atom is -0.484 e. The van der Waals surface area contributed by atoms with Gasteiger partial charge in [0.05, 0.1) is 18.1 Å². The van der Waals surface area contributed by atoms with Crippen LogP contribution in [0.15, 0.2) is 29.2 Å². The van der Waals surface area contributed by atoms with E-state index < -0.39 is 10.0 Å². The quantitative estimate of drug-likeness (QED) is 0.744.